The summed E-state index contributed by atoms with van der Waals surface area (Å²) in [4.78, 5) is 4.35. The first kappa shape index (κ1) is 8.10. The predicted octanol–water partition coefficient (Wildman–Crippen LogP) is 1.58. The number of anilines is 1. The number of fused-ring (bicyclic) bond motifs is 1. The largest absolute Gasteiger partial charge is 0.356 e. The zero-order chi connectivity index (χ0) is 9.10. The molecule has 3 heteroatoms. The maximum atomic E-state index is 4.35. The Morgan fingerprint density at radius 1 is 1.46 bits per heavy atom. The molecular weight excluding hydrogens is 162 g/mol. The highest BCUT2D eigenvalue weighted by atomic mass is 15.2. The zero-order valence-electron chi connectivity index (χ0n) is 7.67. The van der Waals surface area contributed by atoms with Gasteiger partial charge in [-0.2, -0.15) is 0 Å². The highest BCUT2D eigenvalue weighted by Gasteiger charge is 2.08. The molecule has 0 aromatic heterocycles. The van der Waals surface area contributed by atoms with E-state index in [9.17, 15) is 0 Å². The lowest BCUT2D eigenvalue weighted by molar-refractivity contribution is 0.922. The molecule has 3 nitrogen and oxygen atoms in total. The van der Waals surface area contributed by atoms with E-state index in [1.807, 2.05) is 12.1 Å². The van der Waals surface area contributed by atoms with Crippen molar-refractivity contribution >= 4 is 11.6 Å². The van der Waals surface area contributed by atoms with E-state index in [2.05, 4.69) is 34.7 Å². The number of benzene rings is 1. The highest BCUT2D eigenvalue weighted by Crippen LogP contribution is 2.18. The minimum Gasteiger partial charge on any atom is -0.356 e. The van der Waals surface area contributed by atoms with Crippen LogP contribution in [-0.2, 0) is 6.54 Å². The van der Waals surface area contributed by atoms with Gasteiger partial charge in [-0.1, -0.05) is 18.2 Å². The van der Waals surface area contributed by atoms with Gasteiger partial charge >= 0.3 is 0 Å². The zero-order valence-corrected chi connectivity index (χ0v) is 7.67. The van der Waals surface area contributed by atoms with E-state index in [-0.39, 0.29) is 0 Å². The highest BCUT2D eigenvalue weighted by molar-refractivity contribution is 5.95. The van der Waals surface area contributed by atoms with Gasteiger partial charge in [0.05, 0.1) is 6.54 Å². The third-order valence-corrected chi connectivity index (χ3v) is 2.02. The number of hydrogen-bond donors (Lipinski definition) is 2. The van der Waals surface area contributed by atoms with Gasteiger partial charge in [0.2, 0.25) is 0 Å². The van der Waals surface area contributed by atoms with E-state index in [4.69, 9.17) is 0 Å². The fourth-order valence-corrected chi connectivity index (χ4v) is 1.38. The molecule has 0 atom stereocenters. The van der Waals surface area contributed by atoms with Crippen molar-refractivity contribution in [3.05, 3.63) is 29.8 Å². The molecule has 1 heterocycles. The first-order chi connectivity index (χ1) is 6.40. The van der Waals surface area contributed by atoms with E-state index < -0.39 is 0 Å². The van der Waals surface area contributed by atoms with Crippen LogP contribution in [0.15, 0.2) is 29.3 Å². The number of rotatable bonds is 1. The van der Waals surface area contributed by atoms with Crippen LogP contribution in [-0.4, -0.2) is 12.5 Å². The molecule has 2 rings (SSSR count). The number of para-hydroxylation sites is 1. The van der Waals surface area contributed by atoms with Crippen molar-refractivity contribution in [3.8, 4) is 0 Å². The molecule has 0 bridgehead atoms. The van der Waals surface area contributed by atoms with Gasteiger partial charge in [0, 0.05) is 12.2 Å². The Hall–Kier alpha value is -1.51. The molecule has 0 unspecified atom stereocenters. The second-order valence-corrected chi connectivity index (χ2v) is 2.98. The van der Waals surface area contributed by atoms with Crippen LogP contribution in [0.3, 0.4) is 0 Å². The molecule has 0 amide bonds. The van der Waals surface area contributed by atoms with Gasteiger partial charge in [-0.15, -0.1) is 0 Å². The Balaban J connectivity index is 2.18. The van der Waals surface area contributed by atoms with Crippen LogP contribution < -0.4 is 10.6 Å². The van der Waals surface area contributed by atoms with Gasteiger partial charge < -0.3 is 10.6 Å². The van der Waals surface area contributed by atoms with Crippen LogP contribution in [0.5, 0.6) is 0 Å². The predicted molar refractivity (Wildman–Crippen MR) is 54.9 cm³/mol. The van der Waals surface area contributed by atoms with Gasteiger partial charge in [-0.25, -0.2) is 4.99 Å². The SMILES string of the molecule is CCNC1=NCc2ccccc2N1. The average Bonchev–Trinajstić information content (AvgIpc) is 2.18. The van der Waals surface area contributed by atoms with Crippen molar-refractivity contribution in [2.75, 3.05) is 11.9 Å². The lowest BCUT2D eigenvalue weighted by Gasteiger charge is -2.18. The summed E-state index contributed by atoms with van der Waals surface area (Å²) in [7, 11) is 0. The Bertz CT molecular complexity index is 331. The first-order valence-corrected chi connectivity index (χ1v) is 4.53. The fourth-order valence-electron chi connectivity index (χ4n) is 1.38. The normalized spacial score (nSPS) is 14.1. The summed E-state index contributed by atoms with van der Waals surface area (Å²) in [6.07, 6.45) is 0. The molecule has 0 fully saturated rings. The van der Waals surface area contributed by atoms with Gasteiger partial charge in [0.25, 0.3) is 0 Å². The van der Waals surface area contributed by atoms with E-state index in [0.29, 0.717) is 0 Å². The van der Waals surface area contributed by atoms with Gasteiger partial charge in [-0.05, 0) is 18.6 Å². The number of hydrogen-bond acceptors (Lipinski definition) is 3. The number of aliphatic imine (C=N–C) groups is 1. The molecule has 0 radical (unpaired) electrons. The lowest BCUT2D eigenvalue weighted by Crippen LogP contribution is -2.32. The van der Waals surface area contributed by atoms with Crippen molar-refractivity contribution in [3.63, 3.8) is 0 Å². The smallest absolute Gasteiger partial charge is 0.196 e. The van der Waals surface area contributed by atoms with E-state index in [0.717, 1.165) is 24.7 Å². The molecule has 0 aliphatic carbocycles. The summed E-state index contributed by atoms with van der Waals surface area (Å²) in [5.74, 6) is 0.876. The fraction of sp³-hybridized carbons (Fsp3) is 0.300. The molecule has 13 heavy (non-hydrogen) atoms. The molecule has 0 spiro atoms. The molecule has 2 N–H and O–H groups in total. The summed E-state index contributed by atoms with van der Waals surface area (Å²) in [6, 6.07) is 8.23. The number of guanidine groups is 1. The summed E-state index contributed by atoms with van der Waals surface area (Å²) in [6.45, 7) is 3.73. The quantitative estimate of drug-likeness (QED) is 0.679. The molecule has 0 saturated heterocycles. The minimum absolute atomic E-state index is 0.769. The summed E-state index contributed by atoms with van der Waals surface area (Å²) in [5.41, 5.74) is 2.41. The van der Waals surface area contributed by atoms with Crippen molar-refractivity contribution in [2.45, 2.75) is 13.5 Å². The van der Waals surface area contributed by atoms with Gasteiger partial charge in [0.15, 0.2) is 5.96 Å². The second kappa shape index (κ2) is 3.47. The third kappa shape index (κ3) is 1.64. The molecule has 1 aromatic carbocycles. The molecule has 1 aromatic rings. The number of nitrogens with one attached hydrogen (secondary N) is 2. The van der Waals surface area contributed by atoms with Crippen LogP contribution in [0, 0.1) is 0 Å². The second-order valence-electron chi connectivity index (χ2n) is 2.98. The third-order valence-electron chi connectivity index (χ3n) is 2.02. The maximum absolute atomic E-state index is 4.35. The molecule has 1 aliphatic rings. The van der Waals surface area contributed by atoms with Crippen LogP contribution in [0.25, 0.3) is 0 Å². The molecule has 68 valence electrons. The Labute approximate surface area is 77.9 Å². The van der Waals surface area contributed by atoms with Gasteiger partial charge in [0.1, 0.15) is 0 Å². The lowest BCUT2D eigenvalue weighted by atomic mass is 10.1. The topological polar surface area (TPSA) is 36.4 Å². The van der Waals surface area contributed by atoms with Gasteiger partial charge in [-0.3, -0.25) is 0 Å². The molecule has 1 aliphatic heterocycles. The standard InChI is InChI=1S/C10H13N3/c1-2-11-10-12-7-8-5-3-4-6-9(8)13-10/h3-6H,2,7H2,1H3,(H2,11,12,13). The Morgan fingerprint density at radius 3 is 3.15 bits per heavy atom. The number of nitrogens with zero attached hydrogens (tertiary/aromatic N) is 1. The van der Waals surface area contributed by atoms with Crippen molar-refractivity contribution in [2.24, 2.45) is 4.99 Å². The first-order valence-electron chi connectivity index (χ1n) is 4.53. The monoisotopic (exact) mass is 175 g/mol. The van der Waals surface area contributed by atoms with E-state index in [1.165, 1.54) is 5.56 Å². The van der Waals surface area contributed by atoms with E-state index in [1.54, 1.807) is 0 Å². The summed E-state index contributed by atoms with van der Waals surface area (Å²) >= 11 is 0. The van der Waals surface area contributed by atoms with Crippen LogP contribution >= 0.6 is 0 Å². The molecular formula is C10H13N3. The van der Waals surface area contributed by atoms with Crippen LogP contribution in [0.4, 0.5) is 5.69 Å². The van der Waals surface area contributed by atoms with Crippen molar-refractivity contribution in [1.82, 2.24) is 5.32 Å². The minimum atomic E-state index is 0.769. The van der Waals surface area contributed by atoms with Crippen molar-refractivity contribution < 1.29 is 0 Å². The Kier molecular flexibility index (Phi) is 2.17. The summed E-state index contributed by atoms with van der Waals surface area (Å²) in [5, 5.41) is 6.40. The van der Waals surface area contributed by atoms with Crippen molar-refractivity contribution in [1.29, 1.82) is 0 Å². The summed E-state index contributed by atoms with van der Waals surface area (Å²) < 4.78 is 0. The maximum Gasteiger partial charge on any atom is 0.196 e. The van der Waals surface area contributed by atoms with E-state index >= 15 is 0 Å². The molecule has 0 saturated carbocycles. The van der Waals surface area contributed by atoms with Crippen LogP contribution in [0.2, 0.25) is 0 Å². The average molecular weight is 175 g/mol. The van der Waals surface area contributed by atoms with Crippen LogP contribution in [0.1, 0.15) is 12.5 Å². The Morgan fingerprint density at radius 2 is 2.31 bits per heavy atom.